The van der Waals surface area contributed by atoms with Crippen molar-refractivity contribution in [1.82, 2.24) is 24.8 Å². The van der Waals surface area contributed by atoms with Crippen LogP contribution in [0.1, 0.15) is 11.4 Å². The summed E-state index contributed by atoms with van der Waals surface area (Å²) in [5.74, 6) is 0.232. The Morgan fingerprint density at radius 2 is 1.92 bits per heavy atom. The zero-order valence-electron chi connectivity index (χ0n) is 13.1. The Morgan fingerprint density at radius 1 is 1.20 bits per heavy atom. The summed E-state index contributed by atoms with van der Waals surface area (Å²) in [6.07, 6.45) is 0. The summed E-state index contributed by atoms with van der Waals surface area (Å²) in [6.45, 7) is 1.90. The van der Waals surface area contributed by atoms with Crippen molar-refractivity contribution < 1.29 is 0 Å². The van der Waals surface area contributed by atoms with E-state index in [1.54, 1.807) is 0 Å². The van der Waals surface area contributed by atoms with E-state index in [-0.39, 0.29) is 16.5 Å². The molecule has 0 aliphatic heterocycles. The van der Waals surface area contributed by atoms with E-state index in [9.17, 15) is 0 Å². The minimum absolute atomic E-state index is 0.0634. The molecule has 4 aromatic rings. The standard InChI is InChI=1S/C16H12ClN7S/c1-7-6-10(8-2-4-9(17)5-3-8)11-15(20-7)23-24-13(18)12(14(19)25)21-22-16(11)24/h2-6H,18H2,1H3,(H2,19,25). The summed E-state index contributed by atoms with van der Waals surface area (Å²) in [7, 11) is 0. The summed E-state index contributed by atoms with van der Waals surface area (Å²) >= 11 is 11.0. The summed E-state index contributed by atoms with van der Waals surface area (Å²) in [4.78, 5) is 4.55. The smallest absolute Gasteiger partial charge is 0.189 e. The molecule has 0 saturated heterocycles. The third-order valence-corrected chi connectivity index (χ3v) is 4.30. The second-order valence-corrected chi connectivity index (χ2v) is 6.43. The molecule has 0 unspecified atom stereocenters. The minimum atomic E-state index is 0.0634. The molecule has 9 heteroatoms. The molecule has 3 aromatic heterocycles. The number of benzene rings is 1. The second kappa shape index (κ2) is 5.61. The lowest BCUT2D eigenvalue weighted by molar-refractivity contribution is 0.901. The molecular formula is C16H12ClN7S. The predicted molar refractivity (Wildman–Crippen MR) is 102 cm³/mol. The van der Waals surface area contributed by atoms with Gasteiger partial charge in [-0.15, -0.1) is 15.3 Å². The van der Waals surface area contributed by atoms with Crippen molar-refractivity contribution >= 4 is 51.3 Å². The molecule has 0 atom stereocenters. The Bertz CT molecular complexity index is 1150. The molecule has 124 valence electrons. The number of hydrogen-bond donors (Lipinski definition) is 2. The van der Waals surface area contributed by atoms with Crippen LogP contribution in [0.15, 0.2) is 30.3 Å². The summed E-state index contributed by atoms with van der Waals surface area (Å²) in [5.41, 5.74) is 15.7. The topological polar surface area (TPSA) is 108 Å². The van der Waals surface area contributed by atoms with E-state index in [2.05, 4.69) is 20.3 Å². The lowest BCUT2D eigenvalue weighted by Gasteiger charge is -2.06. The highest BCUT2D eigenvalue weighted by atomic mass is 35.5. The Kier molecular flexibility index (Phi) is 3.52. The first kappa shape index (κ1) is 15.7. The van der Waals surface area contributed by atoms with E-state index < -0.39 is 0 Å². The highest BCUT2D eigenvalue weighted by Crippen LogP contribution is 2.32. The van der Waals surface area contributed by atoms with Gasteiger partial charge in [-0.05, 0) is 36.2 Å². The van der Waals surface area contributed by atoms with Crippen LogP contribution in [0.5, 0.6) is 0 Å². The van der Waals surface area contributed by atoms with Gasteiger partial charge in [0.15, 0.2) is 22.8 Å². The van der Waals surface area contributed by atoms with Gasteiger partial charge in [-0.1, -0.05) is 36.0 Å². The number of halogens is 1. The van der Waals surface area contributed by atoms with Gasteiger partial charge >= 0.3 is 0 Å². The fraction of sp³-hybridized carbons (Fsp3) is 0.0625. The van der Waals surface area contributed by atoms with Gasteiger partial charge < -0.3 is 11.5 Å². The number of nitrogen functional groups attached to an aromatic ring is 1. The lowest BCUT2D eigenvalue weighted by atomic mass is 10.0. The summed E-state index contributed by atoms with van der Waals surface area (Å²) in [6, 6.07) is 9.48. The molecule has 0 aliphatic carbocycles. The number of aromatic nitrogens is 5. The SMILES string of the molecule is Cc1cc(-c2ccc(Cl)cc2)c2c(n1)nn1c(N)c(C(N)=S)nnc21. The number of thiocarbonyl (C=S) groups is 1. The second-order valence-electron chi connectivity index (χ2n) is 5.55. The van der Waals surface area contributed by atoms with Crippen molar-refractivity contribution in [1.29, 1.82) is 0 Å². The Morgan fingerprint density at radius 3 is 2.60 bits per heavy atom. The molecule has 0 saturated carbocycles. The van der Waals surface area contributed by atoms with Crippen molar-refractivity contribution in [3.05, 3.63) is 46.7 Å². The van der Waals surface area contributed by atoms with Crippen LogP contribution in [0.3, 0.4) is 0 Å². The van der Waals surface area contributed by atoms with Gasteiger partial charge in [0.25, 0.3) is 0 Å². The van der Waals surface area contributed by atoms with Crippen LogP contribution in [0.2, 0.25) is 5.02 Å². The van der Waals surface area contributed by atoms with E-state index in [0.717, 1.165) is 22.2 Å². The maximum atomic E-state index is 6.12. The van der Waals surface area contributed by atoms with Gasteiger partial charge in [0.1, 0.15) is 4.99 Å². The molecule has 0 aliphatic rings. The molecule has 0 bridgehead atoms. The van der Waals surface area contributed by atoms with E-state index >= 15 is 0 Å². The zero-order chi connectivity index (χ0) is 17.7. The van der Waals surface area contributed by atoms with Crippen LogP contribution in [-0.2, 0) is 0 Å². The van der Waals surface area contributed by atoms with Crippen molar-refractivity contribution in [2.45, 2.75) is 6.92 Å². The highest BCUT2D eigenvalue weighted by molar-refractivity contribution is 7.80. The monoisotopic (exact) mass is 369 g/mol. The maximum absolute atomic E-state index is 6.12. The normalized spacial score (nSPS) is 11.3. The molecule has 0 radical (unpaired) electrons. The van der Waals surface area contributed by atoms with Crippen LogP contribution < -0.4 is 11.5 Å². The lowest BCUT2D eigenvalue weighted by Crippen LogP contribution is -2.18. The van der Waals surface area contributed by atoms with E-state index in [1.807, 2.05) is 37.3 Å². The Balaban J connectivity index is 2.12. The Hall–Kier alpha value is -2.84. The van der Waals surface area contributed by atoms with Crippen LogP contribution in [-0.4, -0.2) is 29.8 Å². The van der Waals surface area contributed by atoms with Gasteiger partial charge in [-0.3, -0.25) is 0 Å². The predicted octanol–water partition coefficient (Wildman–Crippen LogP) is 2.52. The van der Waals surface area contributed by atoms with Gasteiger partial charge in [0.05, 0.1) is 5.39 Å². The molecule has 7 nitrogen and oxygen atoms in total. The van der Waals surface area contributed by atoms with Crippen molar-refractivity contribution in [2.24, 2.45) is 5.73 Å². The molecule has 0 spiro atoms. The first-order chi connectivity index (χ1) is 12.0. The fourth-order valence-electron chi connectivity index (χ4n) is 2.74. The zero-order valence-corrected chi connectivity index (χ0v) is 14.6. The van der Waals surface area contributed by atoms with Gasteiger partial charge in [0.2, 0.25) is 0 Å². The number of aryl methyl sites for hydroxylation is 1. The van der Waals surface area contributed by atoms with E-state index in [4.69, 9.17) is 35.3 Å². The van der Waals surface area contributed by atoms with Crippen molar-refractivity contribution in [3.63, 3.8) is 0 Å². The number of rotatable bonds is 2. The molecule has 4 rings (SSSR count). The first-order valence-electron chi connectivity index (χ1n) is 7.33. The average Bonchev–Trinajstić information content (AvgIpc) is 2.94. The van der Waals surface area contributed by atoms with Gasteiger partial charge in [0, 0.05) is 10.7 Å². The number of fused-ring (bicyclic) bond motifs is 3. The quantitative estimate of drug-likeness (QED) is 0.522. The van der Waals surface area contributed by atoms with E-state index in [0.29, 0.717) is 16.3 Å². The van der Waals surface area contributed by atoms with E-state index in [1.165, 1.54) is 4.52 Å². The molecule has 4 N–H and O–H groups in total. The molecular weight excluding hydrogens is 358 g/mol. The largest absolute Gasteiger partial charge is 0.388 e. The molecule has 0 fully saturated rings. The van der Waals surface area contributed by atoms with Crippen LogP contribution in [0, 0.1) is 6.92 Å². The molecule has 25 heavy (non-hydrogen) atoms. The van der Waals surface area contributed by atoms with Crippen LogP contribution in [0.25, 0.3) is 27.8 Å². The third-order valence-electron chi connectivity index (χ3n) is 3.85. The number of nitrogens with zero attached hydrogens (tertiary/aromatic N) is 5. The fourth-order valence-corrected chi connectivity index (χ4v) is 3.01. The third kappa shape index (κ3) is 2.46. The van der Waals surface area contributed by atoms with Gasteiger partial charge in [-0.2, -0.15) is 4.52 Å². The Labute approximate surface area is 152 Å². The summed E-state index contributed by atoms with van der Waals surface area (Å²) < 4.78 is 1.47. The number of anilines is 1. The highest BCUT2D eigenvalue weighted by Gasteiger charge is 2.19. The van der Waals surface area contributed by atoms with Crippen molar-refractivity contribution in [3.8, 4) is 11.1 Å². The maximum Gasteiger partial charge on any atom is 0.189 e. The average molecular weight is 370 g/mol. The van der Waals surface area contributed by atoms with Gasteiger partial charge in [-0.25, -0.2) is 4.98 Å². The number of pyridine rings is 1. The number of nitrogens with two attached hydrogens (primary N) is 2. The number of hydrogen-bond acceptors (Lipinski definition) is 6. The summed E-state index contributed by atoms with van der Waals surface area (Å²) in [5, 5.41) is 14.1. The molecule has 1 aromatic carbocycles. The molecule has 0 amide bonds. The minimum Gasteiger partial charge on any atom is -0.388 e. The van der Waals surface area contributed by atoms with Crippen LogP contribution >= 0.6 is 23.8 Å². The van der Waals surface area contributed by atoms with Crippen LogP contribution in [0.4, 0.5) is 5.82 Å². The van der Waals surface area contributed by atoms with Crippen molar-refractivity contribution in [2.75, 3.05) is 5.73 Å². The molecule has 3 heterocycles. The first-order valence-corrected chi connectivity index (χ1v) is 8.12.